The van der Waals surface area contributed by atoms with Gasteiger partial charge >= 0.3 is 5.97 Å². The van der Waals surface area contributed by atoms with Gasteiger partial charge in [0.15, 0.2) is 0 Å². The predicted octanol–water partition coefficient (Wildman–Crippen LogP) is 3.42. The molecule has 0 saturated heterocycles. The average molecular weight is 255 g/mol. The summed E-state index contributed by atoms with van der Waals surface area (Å²) in [6, 6.07) is 0. The third kappa shape index (κ3) is 6.39. The summed E-state index contributed by atoms with van der Waals surface area (Å²) in [7, 11) is 0. The first-order chi connectivity index (χ1) is 8.61. The van der Waals surface area contributed by atoms with Gasteiger partial charge in [-0.3, -0.25) is 4.79 Å². The van der Waals surface area contributed by atoms with Gasteiger partial charge in [0.05, 0.1) is 0 Å². The molecule has 3 nitrogen and oxygen atoms in total. The topological polar surface area (TPSA) is 63.3 Å². The summed E-state index contributed by atoms with van der Waals surface area (Å²) in [5, 5.41) is 8.81. The fraction of sp³-hybridized carbons (Fsp3) is 0.933. The van der Waals surface area contributed by atoms with Crippen molar-refractivity contribution in [1.82, 2.24) is 0 Å². The van der Waals surface area contributed by atoms with E-state index in [9.17, 15) is 4.79 Å². The van der Waals surface area contributed by atoms with Gasteiger partial charge in [-0.05, 0) is 30.7 Å². The highest BCUT2D eigenvalue weighted by Gasteiger charge is 2.18. The van der Waals surface area contributed by atoms with Crippen molar-refractivity contribution in [2.24, 2.45) is 23.5 Å². The molecule has 2 atom stereocenters. The molecule has 0 aromatic rings. The Bertz CT molecular complexity index is 237. The Labute approximate surface area is 111 Å². The lowest BCUT2D eigenvalue weighted by molar-refractivity contribution is -0.138. The Morgan fingerprint density at radius 2 is 2.00 bits per heavy atom. The molecule has 0 heterocycles. The summed E-state index contributed by atoms with van der Waals surface area (Å²) >= 11 is 0. The fourth-order valence-electron chi connectivity index (χ4n) is 3.19. The number of carboxylic acid groups (broad SMARTS) is 1. The van der Waals surface area contributed by atoms with Crippen molar-refractivity contribution in [3.8, 4) is 0 Å². The minimum atomic E-state index is -0.718. The van der Waals surface area contributed by atoms with Gasteiger partial charge in [-0.25, -0.2) is 0 Å². The van der Waals surface area contributed by atoms with Crippen LogP contribution in [-0.2, 0) is 4.79 Å². The monoisotopic (exact) mass is 255 g/mol. The van der Waals surface area contributed by atoms with Crippen LogP contribution >= 0.6 is 0 Å². The molecule has 0 spiro atoms. The van der Waals surface area contributed by atoms with E-state index in [0.29, 0.717) is 12.5 Å². The predicted molar refractivity (Wildman–Crippen MR) is 74.4 cm³/mol. The SMILES string of the molecule is C[C@H](CCC1CCCCC1)C[C@H](CN)CC(=O)O. The second-order valence-corrected chi connectivity index (χ2v) is 6.12. The molecule has 0 aromatic heterocycles. The molecule has 18 heavy (non-hydrogen) atoms. The third-order valence-corrected chi connectivity index (χ3v) is 4.32. The van der Waals surface area contributed by atoms with Crippen molar-refractivity contribution in [2.45, 2.75) is 64.7 Å². The zero-order chi connectivity index (χ0) is 13.4. The molecule has 1 aliphatic rings. The zero-order valence-corrected chi connectivity index (χ0v) is 11.7. The Kier molecular flexibility index (Phi) is 7.33. The number of hydrogen-bond donors (Lipinski definition) is 2. The van der Waals surface area contributed by atoms with Crippen LogP contribution in [0.1, 0.15) is 64.7 Å². The first kappa shape index (κ1) is 15.5. The standard InChI is InChI=1S/C15H29NO2/c1-12(9-14(11-16)10-15(17)18)7-8-13-5-3-2-4-6-13/h12-14H,2-11,16H2,1H3,(H,17,18)/t12-,14+/m1/s1. The van der Waals surface area contributed by atoms with Crippen LogP contribution in [0.25, 0.3) is 0 Å². The molecule has 0 bridgehead atoms. The van der Waals surface area contributed by atoms with Gasteiger partial charge in [-0.15, -0.1) is 0 Å². The normalized spacial score (nSPS) is 20.6. The molecule has 3 heteroatoms. The molecule has 3 N–H and O–H groups in total. The smallest absolute Gasteiger partial charge is 0.303 e. The molecule has 1 aliphatic carbocycles. The second-order valence-electron chi connectivity index (χ2n) is 6.12. The van der Waals surface area contributed by atoms with Crippen molar-refractivity contribution in [3.05, 3.63) is 0 Å². The van der Waals surface area contributed by atoms with Crippen molar-refractivity contribution < 1.29 is 9.90 Å². The van der Waals surface area contributed by atoms with Crippen LogP contribution in [0.4, 0.5) is 0 Å². The maximum absolute atomic E-state index is 10.7. The molecule has 0 amide bonds. The minimum absolute atomic E-state index is 0.156. The first-order valence-corrected chi connectivity index (χ1v) is 7.53. The van der Waals surface area contributed by atoms with Crippen LogP contribution in [0, 0.1) is 17.8 Å². The van der Waals surface area contributed by atoms with E-state index >= 15 is 0 Å². The average Bonchev–Trinajstić information content (AvgIpc) is 2.36. The summed E-state index contributed by atoms with van der Waals surface area (Å²) in [4.78, 5) is 10.7. The maximum Gasteiger partial charge on any atom is 0.303 e. The second kappa shape index (κ2) is 8.52. The quantitative estimate of drug-likeness (QED) is 0.698. The zero-order valence-electron chi connectivity index (χ0n) is 11.7. The summed E-state index contributed by atoms with van der Waals surface area (Å²) in [5.74, 6) is 0.977. The Hall–Kier alpha value is -0.570. The highest BCUT2D eigenvalue weighted by atomic mass is 16.4. The molecular weight excluding hydrogens is 226 g/mol. The first-order valence-electron chi connectivity index (χ1n) is 7.53. The molecule has 1 fully saturated rings. The third-order valence-electron chi connectivity index (χ3n) is 4.32. The van der Waals surface area contributed by atoms with Gasteiger partial charge < -0.3 is 10.8 Å². The van der Waals surface area contributed by atoms with Crippen molar-refractivity contribution in [2.75, 3.05) is 6.54 Å². The number of hydrogen-bond acceptors (Lipinski definition) is 2. The van der Waals surface area contributed by atoms with Crippen LogP contribution < -0.4 is 5.73 Å². The summed E-state index contributed by atoms with van der Waals surface area (Å²) in [6.07, 6.45) is 10.8. The molecule has 106 valence electrons. The van der Waals surface area contributed by atoms with E-state index in [0.717, 1.165) is 12.3 Å². The van der Waals surface area contributed by atoms with E-state index in [-0.39, 0.29) is 12.3 Å². The summed E-state index contributed by atoms with van der Waals surface area (Å²) in [5.41, 5.74) is 5.64. The lowest BCUT2D eigenvalue weighted by Crippen LogP contribution is -2.20. The minimum Gasteiger partial charge on any atom is -0.481 e. The molecule has 0 radical (unpaired) electrons. The van der Waals surface area contributed by atoms with E-state index in [4.69, 9.17) is 10.8 Å². The molecule has 1 saturated carbocycles. The van der Waals surface area contributed by atoms with Crippen molar-refractivity contribution >= 4 is 5.97 Å². The van der Waals surface area contributed by atoms with Crippen LogP contribution in [0.3, 0.4) is 0 Å². The van der Waals surface area contributed by atoms with E-state index in [1.54, 1.807) is 0 Å². The Balaban J connectivity index is 2.18. The van der Waals surface area contributed by atoms with Gasteiger partial charge in [0.25, 0.3) is 0 Å². The van der Waals surface area contributed by atoms with E-state index in [1.807, 2.05) is 0 Å². The van der Waals surface area contributed by atoms with Crippen molar-refractivity contribution in [1.29, 1.82) is 0 Å². The van der Waals surface area contributed by atoms with Crippen molar-refractivity contribution in [3.63, 3.8) is 0 Å². The van der Waals surface area contributed by atoms with E-state index < -0.39 is 5.97 Å². The van der Waals surface area contributed by atoms with Crippen LogP contribution in [0.5, 0.6) is 0 Å². The summed E-state index contributed by atoms with van der Waals surface area (Å²) < 4.78 is 0. The summed E-state index contributed by atoms with van der Waals surface area (Å²) in [6.45, 7) is 2.74. The highest BCUT2D eigenvalue weighted by molar-refractivity contribution is 5.67. The lowest BCUT2D eigenvalue weighted by atomic mass is 9.82. The van der Waals surface area contributed by atoms with Crippen LogP contribution in [0.2, 0.25) is 0 Å². The molecule has 1 rings (SSSR count). The van der Waals surface area contributed by atoms with Gasteiger partial charge in [-0.2, -0.15) is 0 Å². The molecule has 0 unspecified atom stereocenters. The van der Waals surface area contributed by atoms with E-state index in [2.05, 4.69) is 6.92 Å². The lowest BCUT2D eigenvalue weighted by Gasteiger charge is -2.24. The van der Waals surface area contributed by atoms with Crippen LogP contribution in [0.15, 0.2) is 0 Å². The largest absolute Gasteiger partial charge is 0.481 e. The number of rotatable bonds is 8. The Morgan fingerprint density at radius 3 is 2.56 bits per heavy atom. The molecular formula is C15H29NO2. The fourth-order valence-corrected chi connectivity index (χ4v) is 3.19. The number of carbonyl (C=O) groups is 1. The highest BCUT2D eigenvalue weighted by Crippen LogP contribution is 2.30. The van der Waals surface area contributed by atoms with Gasteiger partial charge in [0.2, 0.25) is 0 Å². The van der Waals surface area contributed by atoms with E-state index in [1.165, 1.54) is 44.9 Å². The number of aliphatic carboxylic acids is 1. The van der Waals surface area contributed by atoms with Gasteiger partial charge in [0.1, 0.15) is 0 Å². The van der Waals surface area contributed by atoms with Crippen LogP contribution in [-0.4, -0.2) is 17.6 Å². The Morgan fingerprint density at radius 1 is 1.33 bits per heavy atom. The van der Waals surface area contributed by atoms with Gasteiger partial charge in [-0.1, -0.05) is 51.9 Å². The maximum atomic E-state index is 10.7. The van der Waals surface area contributed by atoms with Gasteiger partial charge in [0, 0.05) is 6.42 Å². The molecule has 0 aliphatic heterocycles. The number of carboxylic acids is 1. The number of nitrogens with two attached hydrogens (primary N) is 1. The molecule has 0 aromatic carbocycles.